The van der Waals surface area contributed by atoms with Crippen molar-refractivity contribution in [3.8, 4) is 0 Å². The third-order valence-corrected chi connectivity index (χ3v) is 5.62. The van der Waals surface area contributed by atoms with Gasteiger partial charge in [0.1, 0.15) is 0 Å². The van der Waals surface area contributed by atoms with Crippen molar-refractivity contribution in [2.45, 2.75) is 26.3 Å². The number of anilines is 1. The van der Waals surface area contributed by atoms with Crippen LogP contribution in [-0.2, 0) is 6.54 Å². The predicted molar refractivity (Wildman–Crippen MR) is 104 cm³/mol. The monoisotopic (exact) mass is 373 g/mol. The zero-order chi connectivity index (χ0) is 18.8. The highest BCUT2D eigenvalue weighted by Crippen LogP contribution is 2.33. The summed E-state index contributed by atoms with van der Waals surface area (Å²) < 4.78 is 0. The molecule has 1 fully saturated rings. The second-order valence-corrected chi connectivity index (χ2v) is 8.26. The molecule has 0 saturated heterocycles. The van der Waals surface area contributed by atoms with Crippen LogP contribution in [0.2, 0.25) is 0 Å². The van der Waals surface area contributed by atoms with Gasteiger partial charge in [0.15, 0.2) is 0 Å². The molecule has 0 bridgehead atoms. The maximum atomic E-state index is 13.0. The highest BCUT2D eigenvalue weighted by molar-refractivity contribution is 7.14. The molecule has 1 aromatic carbocycles. The Bertz CT molecular complexity index is 810. The predicted octanol–water partition coefficient (Wildman–Crippen LogP) is 4.08. The number of nitro groups is 1. The van der Waals surface area contributed by atoms with Crippen molar-refractivity contribution < 1.29 is 9.72 Å². The van der Waals surface area contributed by atoms with Crippen molar-refractivity contribution in [1.82, 2.24) is 4.90 Å². The molecule has 0 radical (unpaired) electrons. The molecule has 0 aliphatic heterocycles. The van der Waals surface area contributed by atoms with Gasteiger partial charge in [-0.05, 0) is 43.4 Å². The van der Waals surface area contributed by atoms with E-state index in [-0.39, 0.29) is 11.6 Å². The standard InChI is InChI=1S/C19H23N3O3S/c1-13-17(22(24)25)10-18(26-13)19(23)21(11-14-4-5-14)12-15-6-8-16(9-7-15)20(2)3/h6-10,14H,4-5,11-12H2,1-3H3. The first kappa shape index (κ1) is 18.4. The van der Waals surface area contributed by atoms with Gasteiger partial charge in [-0.3, -0.25) is 14.9 Å². The SMILES string of the molecule is Cc1sc(C(=O)N(Cc2ccc(N(C)C)cc2)CC2CC2)cc1[N+](=O)[O-]. The van der Waals surface area contributed by atoms with Gasteiger partial charge in [0.05, 0.1) is 14.7 Å². The first-order valence-electron chi connectivity index (χ1n) is 8.65. The van der Waals surface area contributed by atoms with Crippen LogP contribution in [0.25, 0.3) is 0 Å². The number of thiophene rings is 1. The molecule has 1 heterocycles. The van der Waals surface area contributed by atoms with Gasteiger partial charge in [-0.1, -0.05) is 12.1 Å². The van der Waals surface area contributed by atoms with E-state index in [2.05, 4.69) is 0 Å². The van der Waals surface area contributed by atoms with E-state index in [1.165, 1.54) is 17.4 Å². The summed E-state index contributed by atoms with van der Waals surface area (Å²) in [4.78, 5) is 28.5. The lowest BCUT2D eigenvalue weighted by atomic mass is 10.1. The lowest BCUT2D eigenvalue weighted by molar-refractivity contribution is -0.385. The van der Waals surface area contributed by atoms with Gasteiger partial charge in [0.25, 0.3) is 11.6 Å². The number of aryl methyl sites for hydroxylation is 1. The molecular formula is C19H23N3O3S. The van der Waals surface area contributed by atoms with Crippen LogP contribution in [-0.4, -0.2) is 36.4 Å². The Morgan fingerprint density at radius 3 is 2.42 bits per heavy atom. The van der Waals surface area contributed by atoms with E-state index in [0.29, 0.717) is 28.8 Å². The molecule has 26 heavy (non-hydrogen) atoms. The van der Waals surface area contributed by atoms with Crippen molar-refractivity contribution in [2.24, 2.45) is 5.92 Å². The van der Waals surface area contributed by atoms with Crippen molar-refractivity contribution in [3.63, 3.8) is 0 Å². The lowest BCUT2D eigenvalue weighted by Gasteiger charge is -2.22. The summed E-state index contributed by atoms with van der Waals surface area (Å²) >= 11 is 1.20. The molecule has 0 N–H and O–H groups in total. The number of benzene rings is 1. The van der Waals surface area contributed by atoms with Crippen molar-refractivity contribution in [2.75, 3.05) is 25.5 Å². The van der Waals surface area contributed by atoms with Crippen LogP contribution in [0.1, 0.15) is 33.0 Å². The molecule has 0 spiro atoms. The van der Waals surface area contributed by atoms with Gasteiger partial charge in [-0.15, -0.1) is 11.3 Å². The van der Waals surface area contributed by atoms with Gasteiger partial charge in [-0.25, -0.2) is 0 Å². The maximum Gasteiger partial charge on any atom is 0.283 e. The molecule has 0 atom stereocenters. The summed E-state index contributed by atoms with van der Waals surface area (Å²) in [6.45, 7) is 2.91. The maximum absolute atomic E-state index is 13.0. The quantitative estimate of drug-likeness (QED) is 0.542. The van der Waals surface area contributed by atoms with Crippen LogP contribution in [0.3, 0.4) is 0 Å². The number of hydrogen-bond acceptors (Lipinski definition) is 5. The molecule has 2 aromatic rings. The van der Waals surface area contributed by atoms with E-state index in [1.54, 1.807) is 6.92 Å². The van der Waals surface area contributed by atoms with Crippen LogP contribution in [0.15, 0.2) is 30.3 Å². The Morgan fingerprint density at radius 2 is 1.92 bits per heavy atom. The minimum absolute atomic E-state index is 0.0278. The fourth-order valence-corrected chi connectivity index (χ4v) is 3.82. The van der Waals surface area contributed by atoms with Crippen molar-refractivity contribution in [1.29, 1.82) is 0 Å². The first-order valence-corrected chi connectivity index (χ1v) is 9.47. The van der Waals surface area contributed by atoms with Crippen molar-refractivity contribution in [3.05, 3.63) is 55.8 Å². The second-order valence-electron chi connectivity index (χ2n) is 7.00. The number of hydrogen-bond donors (Lipinski definition) is 0. The first-order chi connectivity index (χ1) is 12.3. The summed E-state index contributed by atoms with van der Waals surface area (Å²) in [5.74, 6) is 0.436. The molecule has 1 aliphatic rings. The van der Waals surface area contributed by atoms with Gasteiger partial charge in [0.2, 0.25) is 0 Å². The van der Waals surface area contributed by atoms with Crippen LogP contribution in [0.4, 0.5) is 11.4 Å². The van der Waals surface area contributed by atoms with Crippen LogP contribution in [0, 0.1) is 23.0 Å². The van der Waals surface area contributed by atoms with Crippen LogP contribution >= 0.6 is 11.3 Å². The normalized spacial score (nSPS) is 13.5. The van der Waals surface area contributed by atoms with E-state index < -0.39 is 4.92 Å². The average Bonchev–Trinajstić information content (AvgIpc) is 3.33. The molecule has 1 amide bonds. The number of carbonyl (C=O) groups is 1. The highest BCUT2D eigenvalue weighted by atomic mass is 32.1. The van der Waals surface area contributed by atoms with Gasteiger partial charge in [0, 0.05) is 38.9 Å². The van der Waals surface area contributed by atoms with Gasteiger partial charge >= 0.3 is 0 Å². The fourth-order valence-electron chi connectivity index (χ4n) is 2.87. The zero-order valence-electron chi connectivity index (χ0n) is 15.3. The zero-order valence-corrected chi connectivity index (χ0v) is 16.1. The molecule has 1 aromatic heterocycles. The summed E-state index contributed by atoms with van der Waals surface area (Å²) in [7, 11) is 3.98. The smallest absolute Gasteiger partial charge is 0.283 e. The third kappa shape index (κ3) is 4.22. The number of carbonyl (C=O) groups excluding carboxylic acids is 1. The fraction of sp³-hybridized carbons (Fsp3) is 0.421. The Morgan fingerprint density at radius 1 is 1.27 bits per heavy atom. The largest absolute Gasteiger partial charge is 0.378 e. The van der Waals surface area contributed by atoms with Crippen molar-refractivity contribution >= 4 is 28.6 Å². The summed E-state index contributed by atoms with van der Waals surface area (Å²) in [6.07, 6.45) is 2.29. The molecule has 3 rings (SSSR count). The third-order valence-electron chi connectivity index (χ3n) is 4.59. The van der Waals surface area contributed by atoms with Crippen LogP contribution < -0.4 is 4.90 Å². The minimum atomic E-state index is -0.423. The van der Waals surface area contributed by atoms with E-state index in [0.717, 1.165) is 24.1 Å². The number of amides is 1. The Labute approximate surface area is 157 Å². The van der Waals surface area contributed by atoms with E-state index in [1.807, 2.05) is 48.2 Å². The molecule has 7 heteroatoms. The highest BCUT2D eigenvalue weighted by Gasteiger charge is 2.29. The Hall–Kier alpha value is -2.41. The Balaban J connectivity index is 1.79. The summed E-state index contributed by atoms with van der Waals surface area (Å²) in [5, 5.41) is 11.1. The molecular weight excluding hydrogens is 350 g/mol. The van der Waals surface area contributed by atoms with Gasteiger partial charge < -0.3 is 9.80 Å². The summed E-state index contributed by atoms with van der Waals surface area (Å²) in [6, 6.07) is 9.55. The van der Waals surface area contributed by atoms with E-state index in [4.69, 9.17) is 0 Å². The number of rotatable bonds is 7. The topological polar surface area (TPSA) is 66.7 Å². The molecule has 138 valence electrons. The summed E-state index contributed by atoms with van der Waals surface area (Å²) in [5.41, 5.74) is 2.20. The minimum Gasteiger partial charge on any atom is -0.378 e. The molecule has 1 saturated carbocycles. The molecule has 0 unspecified atom stereocenters. The number of nitrogens with zero attached hydrogens (tertiary/aromatic N) is 3. The average molecular weight is 373 g/mol. The van der Waals surface area contributed by atoms with E-state index in [9.17, 15) is 14.9 Å². The lowest BCUT2D eigenvalue weighted by Crippen LogP contribution is -2.32. The molecule has 1 aliphatic carbocycles. The van der Waals surface area contributed by atoms with Crippen LogP contribution in [0.5, 0.6) is 0 Å². The van der Waals surface area contributed by atoms with E-state index >= 15 is 0 Å². The second kappa shape index (κ2) is 7.45. The Kier molecular flexibility index (Phi) is 5.27. The molecule has 6 nitrogen and oxygen atoms in total. The van der Waals surface area contributed by atoms with Gasteiger partial charge in [-0.2, -0.15) is 0 Å².